The Bertz CT molecular complexity index is 342. The van der Waals surface area contributed by atoms with Gasteiger partial charge < -0.3 is 10.6 Å². The van der Waals surface area contributed by atoms with Gasteiger partial charge >= 0.3 is 0 Å². The Morgan fingerprint density at radius 3 is 2.44 bits per heavy atom. The van der Waals surface area contributed by atoms with E-state index < -0.39 is 0 Å². The Morgan fingerprint density at radius 1 is 1.19 bits per heavy atom. The zero-order chi connectivity index (χ0) is 12.2. The SMILES string of the molecule is Cc1ccc(NCCNC(C)(C)C)c(Cl)c1. The highest BCUT2D eigenvalue weighted by molar-refractivity contribution is 6.33. The molecule has 1 aromatic rings. The normalized spacial score (nSPS) is 11.6. The first-order valence-corrected chi connectivity index (χ1v) is 6.01. The van der Waals surface area contributed by atoms with Gasteiger partial charge in [-0.2, -0.15) is 0 Å². The number of hydrogen-bond acceptors (Lipinski definition) is 2. The first-order valence-electron chi connectivity index (χ1n) is 5.63. The lowest BCUT2D eigenvalue weighted by Gasteiger charge is -2.20. The van der Waals surface area contributed by atoms with E-state index in [4.69, 9.17) is 11.6 Å². The topological polar surface area (TPSA) is 24.1 Å². The molecule has 0 saturated heterocycles. The fourth-order valence-electron chi connectivity index (χ4n) is 1.40. The van der Waals surface area contributed by atoms with Crippen LogP contribution in [0.1, 0.15) is 26.3 Å². The van der Waals surface area contributed by atoms with Crippen molar-refractivity contribution >= 4 is 17.3 Å². The molecule has 0 amide bonds. The van der Waals surface area contributed by atoms with E-state index in [-0.39, 0.29) is 5.54 Å². The van der Waals surface area contributed by atoms with E-state index >= 15 is 0 Å². The molecular weight excluding hydrogens is 220 g/mol. The van der Waals surface area contributed by atoms with Gasteiger partial charge in [-0.3, -0.25) is 0 Å². The van der Waals surface area contributed by atoms with Crippen molar-refractivity contribution < 1.29 is 0 Å². The molecule has 0 aromatic heterocycles. The van der Waals surface area contributed by atoms with E-state index in [2.05, 4.69) is 37.5 Å². The summed E-state index contributed by atoms with van der Waals surface area (Å²) >= 11 is 6.12. The zero-order valence-corrected chi connectivity index (χ0v) is 11.3. The van der Waals surface area contributed by atoms with Crippen molar-refractivity contribution in [1.29, 1.82) is 0 Å². The molecule has 0 fully saturated rings. The van der Waals surface area contributed by atoms with Gasteiger partial charge in [-0.1, -0.05) is 17.7 Å². The molecule has 0 spiro atoms. The quantitative estimate of drug-likeness (QED) is 0.788. The molecule has 3 heteroatoms. The molecule has 90 valence electrons. The van der Waals surface area contributed by atoms with E-state index in [0.29, 0.717) is 0 Å². The minimum absolute atomic E-state index is 0.165. The second-order valence-electron chi connectivity index (χ2n) is 5.09. The van der Waals surface area contributed by atoms with Gasteiger partial charge in [-0.15, -0.1) is 0 Å². The van der Waals surface area contributed by atoms with Crippen LogP contribution < -0.4 is 10.6 Å². The van der Waals surface area contributed by atoms with E-state index in [0.717, 1.165) is 23.8 Å². The average Bonchev–Trinajstić information content (AvgIpc) is 2.13. The van der Waals surface area contributed by atoms with E-state index in [1.165, 1.54) is 5.56 Å². The van der Waals surface area contributed by atoms with Crippen LogP contribution in [0.4, 0.5) is 5.69 Å². The lowest BCUT2D eigenvalue weighted by atomic mass is 10.1. The van der Waals surface area contributed by atoms with Crippen molar-refractivity contribution in [2.45, 2.75) is 33.2 Å². The number of aryl methyl sites for hydroxylation is 1. The third-order valence-corrected chi connectivity index (χ3v) is 2.53. The van der Waals surface area contributed by atoms with Crippen LogP contribution in [-0.2, 0) is 0 Å². The molecule has 0 aliphatic rings. The predicted molar refractivity (Wildman–Crippen MR) is 72.4 cm³/mol. The fraction of sp³-hybridized carbons (Fsp3) is 0.538. The molecule has 1 aromatic carbocycles. The maximum Gasteiger partial charge on any atom is 0.0640 e. The minimum atomic E-state index is 0.165. The summed E-state index contributed by atoms with van der Waals surface area (Å²) in [7, 11) is 0. The number of halogens is 1. The van der Waals surface area contributed by atoms with Gasteiger partial charge in [0.15, 0.2) is 0 Å². The molecule has 1 rings (SSSR count). The first-order chi connectivity index (χ1) is 7.38. The van der Waals surface area contributed by atoms with Crippen LogP contribution in [-0.4, -0.2) is 18.6 Å². The van der Waals surface area contributed by atoms with Gasteiger partial charge in [-0.05, 0) is 45.4 Å². The maximum absolute atomic E-state index is 6.12. The van der Waals surface area contributed by atoms with Crippen molar-refractivity contribution in [3.63, 3.8) is 0 Å². The smallest absolute Gasteiger partial charge is 0.0640 e. The third-order valence-electron chi connectivity index (χ3n) is 2.22. The summed E-state index contributed by atoms with van der Waals surface area (Å²) in [5.41, 5.74) is 2.35. The van der Waals surface area contributed by atoms with Crippen molar-refractivity contribution in [1.82, 2.24) is 5.32 Å². The lowest BCUT2D eigenvalue weighted by molar-refractivity contribution is 0.435. The van der Waals surface area contributed by atoms with Crippen molar-refractivity contribution in [3.8, 4) is 0 Å². The van der Waals surface area contributed by atoms with Gasteiger partial charge in [0.25, 0.3) is 0 Å². The second kappa shape index (κ2) is 5.55. The lowest BCUT2D eigenvalue weighted by Crippen LogP contribution is -2.38. The minimum Gasteiger partial charge on any atom is -0.383 e. The highest BCUT2D eigenvalue weighted by Gasteiger charge is 2.07. The number of benzene rings is 1. The molecule has 2 N–H and O–H groups in total. The van der Waals surface area contributed by atoms with Crippen LogP contribution in [0.2, 0.25) is 5.02 Å². The molecular formula is C13H21ClN2. The molecule has 0 radical (unpaired) electrons. The third kappa shape index (κ3) is 4.86. The van der Waals surface area contributed by atoms with Crippen LogP contribution in [0, 0.1) is 6.92 Å². The standard InChI is InChI=1S/C13H21ClN2/c1-10-5-6-12(11(14)9-10)15-7-8-16-13(2,3)4/h5-6,9,15-16H,7-8H2,1-4H3. The molecule has 0 unspecified atom stereocenters. The highest BCUT2D eigenvalue weighted by atomic mass is 35.5. The van der Waals surface area contributed by atoms with Crippen LogP contribution in [0.5, 0.6) is 0 Å². The molecule has 0 atom stereocenters. The molecule has 0 saturated carbocycles. The van der Waals surface area contributed by atoms with Gasteiger partial charge in [0, 0.05) is 18.6 Å². The summed E-state index contributed by atoms with van der Waals surface area (Å²) in [4.78, 5) is 0. The molecule has 16 heavy (non-hydrogen) atoms. The summed E-state index contributed by atoms with van der Waals surface area (Å²) in [6.45, 7) is 10.3. The van der Waals surface area contributed by atoms with Gasteiger partial charge in [0.2, 0.25) is 0 Å². The zero-order valence-electron chi connectivity index (χ0n) is 10.5. The largest absolute Gasteiger partial charge is 0.383 e. The molecule has 2 nitrogen and oxygen atoms in total. The molecule has 0 bridgehead atoms. The number of anilines is 1. The second-order valence-corrected chi connectivity index (χ2v) is 5.49. The van der Waals surface area contributed by atoms with Crippen LogP contribution in [0.25, 0.3) is 0 Å². The van der Waals surface area contributed by atoms with Gasteiger partial charge in [-0.25, -0.2) is 0 Å². The van der Waals surface area contributed by atoms with Crippen molar-refractivity contribution in [3.05, 3.63) is 28.8 Å². The summed E-state index contributed by atoms with van der Waals surface area (Å²) in [6.07, 6.45) is 0. The number of nitrogens with one attached hydrogen (secondary N) is 2. The maximum atomic E-state index is 6.12. The Balaban J connectivity index is 2.38. The Kier molecular flexibility index (Phi) is 4.63. The summed E-state index contributed by atoms with van der Waals surface area (Å²) in [5.74, 6) is 0. The van der Waals surface area contributed by atoms with Crippen molar-refractivity contribution in [2.24, 2.45) is 0 Å². The molecule has 0 aliphatic heterocycles. The Morgan fingerprint density at radius 2 is 1.88 bits per heavy atom. The Labute approximate surface area is 103 Å². The van der Waals surface area contributed by atoms with E-state index in [1.807, 2.05) is 19.1 Å². The molecule has 0 aliphatic carbocycles. The van der Waals surface area contributed by atoms with Crippen LogP contribution in [0.3, 0.4) is 0 Å². The van der Waals surface area contributed by atoms with Gasteiger partial charge in [0.05, 0.1) is 10.7 Å². The fourth-order valence-corrected chi connectivity index (χ4v) is 1.70. The summed E-state index contributed by atoms with van der Waals surface area (Å²) < 4.78 is 0. The van der Waals surface area contributed by atoms with Gasteiger partial charge in [0.1, 0.15) is 0 Å². The summed E-state index contributed by atoms with van der Waals surface area (Å²) in [6, 6.07) is 6.06. The predicted octanol–water partition coefficient (Wildman–Crippen LogP) is 3.45. The number of hydrogen-bond donors (Lipinski definition) is 2. The van der Waals surface area contributed by atoms with Crippen LogP contribution >= 0.6 is 11.6 Å². The molecule has 0 heterocycles. The first kappa shape index (κ1) is 13.3. The Hall–Kier alpha value is -0.730. The van der Waals surface area contributed by atoms with Crippen molar-refractivity contribution in [2.75, 3.05) is 18.4 Å². The number of rotatable bonds is 4. The highest BCUT2D eigenvalue weighted by Crippen LogP contribution is 2.22. The summed E-state index contributed by atoms with van der Waals surface area (Å²) in [5, 5.41) is 7.52. The van der Waals surface area contributed by atoms with E-state index in [9.17, 15) is 0 Å². The average molecular weight is 241 g/mol. The monoisotopic (exact) mass is 240 g/mol. The van der Waals surface area contributed by atoms with Crippen LogP contribution in [0.15, 0.2) is 18.2 Å². The van der Waals surface area contributed by atoms with E-state index in [1.54, 1.807) is 0 Å².